The summed E-state index contributed by atoms with van der Waals surface area (Å²) in [5, 5.41) is 18.0. The van der Waals surface area contributed by atoms with Crippen LogP contribution in [0.1, 0.15) is 10.4 Å². The topological polar surface area (TPSA) is 88.4 Å². The van der Waals surface area contributed by atoms with Crippen LogP contribution in [-0.4, -0.2) is 28.4 Å². The van der Waals surface area contributed by atoms with Crippen molar-refractivity contribution in [3.05, 3.63) is 48.0 Å². The number of hydrogen-bond donors (Lipinski definition) is 2. The summed E-state index contributed by atoms with van der Waals surface area (Å²) in [5.41, 5.74) is 2.03. The first-order chi connectivity index (χ1) is 11.2. The minimum atomic E-state index is -1.06. The Morgan fingerprint density at radius 1 is 1.26 bits per heavy atom. The molecule has 0 fully saturated rings. The van der Waals surface area contributed by atoms with Gasteiger partial charge in [0.2, 0.25) is 0 Å². The highest BCUT2D eigenvalue weighted by Gasteiger charge is 2.21. The van der Waals surface area contributed by atoms with Crippen molar-refractivity contribution in [1.82, 2.24) is 10.2 Å². The highest BCUT2D eigenvalue weighted by Crippen LogP contribution is 2.38. The molecular formula is C17H12N2O4. The molecule has 0 amide bonds. The van der Waals surface area contributed by atoms with Crippen LogP contribution in [-0.2, 0) is 0 Å². The number of hydrogen-bond acceptors (Lipinski definition) is 4. The van der Waals surface area contributed by atoms with E-state index in [1.54, 1.807) is 6.07 Å². The van der Waals surface area contributed by atoms with Gasteiger partial charge in [-0.2, -0.15) is 5.10 Å². The average molecular weight is 308 g/mol. The van der Waals surface area contributed by atoms with Crippen LogP contribution in [0.15, 0.2) is 46.9 Å². The van der Waals surface area contributed by atoms with Crippen LogP contribution in [0.3, 0.4) is 0 Å². The molecule has 2 N–H and O–H groups in total. The standard InChI is InChI=1S/C17H12N2O4/c1-22-16-10(17(20)21)6-7-11-14(16)15(19-18-11)13-8-9-4-2-3-5-12(9)23-13/h2-8H,1H3,(H,18,19)(H,20,21). The molecule has 2 heterocycles. The van der Waals surface area contributed by atoms with E-state index in [1.165, 1.54) is 13.2 Å². The molecule has 114 valence electrons. The summed E-state index contributed by atoms with van der Waals surface area (Å²) in [4.78, 5) is 11.4. The number of nitrogens with one attached hydrogen (secondary N) is 1. The maximum absolute atomic E-state index is 11.4. The Kier molecular flexibility index (Phi) is 2.84. The second-order valence-corrected chi connectivity index (χ2v) is 5.09. The molecule has 4 aromatic rings. The third-order valence-corrected chi connectivity index (χ3v) is 3.78. The molecule has 0 aliphatic heterocycles. The second kappa shape index (κ2) is 4.88. The zero-order valence-corrected chi connectivity index (χ0v) is 12.2. The lowest BCUT2D eigenvalue weighted by Crippen LogP contribution is -2.00. The van der Waals surface area contributed by atoms with Gasteiger partial charge in [0.15, 0.2) is 5.76 Å². The Bertz CT molecular complexity index is 1010. The number of rotatable bonds is 3. The van der Waals surface area contributed by atoms with Gasteiger partial charge in [-0.25, -0.2) is 4.79 Å². The first kappa shape index (κ1) is 13.4. The van der Waals surface area contributed by atoms with Crippen molar-refractivity contribution in [3.8, 4) is 17.2 Å². The van der Waals surface area contributed by atoms with Crippen molar-refractivity contribution in [1.29, 1.82) is 0 Å². The number of fused-ring (bicyclic) bond motifs is 2. The third-order valence-electron chi connectivity index (χ3n) is 3.78. The third kappa shape index (κ3) is 1.96. The zero-order valence-electron chi connectivity index (χ0n) is 12.2. The fourth-order valence-corrected chi connectivity index (χ4v) is 2.74. The quantitative estimate of drug-likeness (QED) is 0.602. The van der Waals surface area contributed by atoms with Crippen LogP contribution >= 0.6 is 0 Å². The molecule has 6 nitrogen and oxygen atoms in total. The number of H-pyrrole nitrogens is 1. The summed E-state index contributed by atoms with van der Waals surface area (Å²) in [6, 6.07) is 12.7. The molecule has 0 atom stereocenters. The average Bonchev–Trinajstić information content (AvgIpc) is 3.16. The second-order valence-electron chi connectivity index (χ2n) is 5.09. The van der Waals surface area contributed by atoms with E-state index in [2.05, 4.69) is 10.2 Å². The highest BCUT2D eigenvalue weighted by molar-refractivity contribution is 6.05. The number of carboxylic acid groups (broad SMARTS) is 1. The van der Waals surface area contributed by atoms with Crippen LogP contribution in [0.5, 0.6) is 5.75 Å². The number of benzene rings is 2. The van der Waals surface area contributed by atoms with E-state index in [-0.39, 0.29) is 11.3 Å². The Labute approximate surface area is 130 Å². The van der Waals surface area contributed by atoms with E-state index in [4.69, 9.17) is 9.15 Å². The fraction of sp³-hybridized carbons (Fsp3) is 0.0588. The highest BCUT2D eigenvalue weighted by atomic mass is 16.5. The maximum Gasteiger partial charge on any atom is 0.339 e. The van der Waals surface area contributed by atoms with Gasteiger partial charge < -0.3 is 14.3 Å². The number of carbonyl (C=O) groups is 1. The zero-order chi connectivity index (χ0) is 16.0. The molecule has 0 spiro atoms. The van der Waals surface area contributed by atoms with Crippen molar-refractivity contribution in [2.75, 3.05) is 7.11 Å². The molecule has 0 radical (unpaired) electrons. The monoisotopic (exact) mass is 308 g/mol. The molecule has 0 bridgehead atoms. The van der Waals surface area contributed by atoms with Gasteiger partial charge in [-0.15, -0.1) is 0 Å². The van der Waals surface area contributed by atoms with Gasteiger partial charge in [-0.05, 0) is 24.3 Å². The van der Waals surface area contributed by atoms with Crippen molar-refractivity contribution >= 4 is 27.8 Å². The number of para-hydroxylation sites is 1. The van der Waals surface area contributed by atoms with Gasteiger partial charge in [0, 0.05) is 5.39 Å². The fourth-order valence-electron chi connectivity index (χ4n) is 2.74. The van der Waals surface area contributed by atoms with Crippen LogP contribution in [0.4, 0.5) is 0 Å². The lowest BCUT2D eigenvalue weighted by atomic mass is 10.1. The Hall–Kier alpha value is -3.28. The van der Waals surface area contributed by atoms with Gasteiger partial charge in [0.25, 0.3) is 0 Å². The van der Waals surface area contributed by atoms with Crippen LogP contribution in [0.25, 0.3) is 33.3 Å². The molecule has 23 heavy (non-hydrogen) atoms. The van der Waals surface area contributed by atoms with E-state index >= 15 is 0 Å². The SMILES string of the molecule is COc1c(C(=O)O)ccc2[nH]nc(-c3cc4ccccc4o3)c12. The number of aromatic carboxylic acids is 1. The van der Waals surface area contributed by atoms with E-state index in [1.807, 2.05) is 30.3 Å². The number of furan rings is 1. The summed E-state index contributed by atoms with van der Waals surface area (Å²) in [7, 11) is 1.44. The number of carboxylic acids is 1. The summed E-state index contributed by atoms with van der Waals surface area (Å²) < 4.78 is 11.2. The summed E-state index contributed by atoms with van der Waals surface area (Å²) in [5.74, 6) is -0.238. The summed E-state index contributed by atoms with van der Waals surface area (Å²) in [6.45, 7) is 0. The van der Waals surface area contributed by atoms with Gasteiger partial charge in [0.1, 0.15) is 22.6 Å². The van der Waals surface area contributed by atoms with E-state index in [0.29, 0.717) is 22.4 Å². The minimum absolute atomic E-state index is 0.0822. The van der Waals surface area contributed by atoms with Crippen molar-refractivity contribution < 1.29 is 19.1 Å². The largest absolute Gasteiger partial charge is 0.495 e. The predicted molar refractivity (Wildman–Crippen MR) is 84.8 cm³/mol. The lowest BCUT2D eigenvalue weighted by Gasteiger charge is -2.06. The molecule has 0 unspecified atom stereocenters. The minimum Gasteiger partial charge on any atom is -0.495 e. The van der Waals surface area contributed by atoms with Crippen LogP contribution in [0.2, 0.25) is 0 Å². The number of ether oxygens (including phenoxy) is 1. The Morgan fingerprint density at radius 2 is 2.09 bits per heavy atom. The predicted octanol–water partition coefficient (Wildman–Crippen LogP) is 3.68. The van der Waals surface area contributed by atoms with Gasteiger partial charge in [-0.3, -0.25) is 5.10 Å². The molecule has 6 heteroatoms. The molecule has 0 aliphatic rings. The number of methoxy groups -OCH3 is 1. The van der Waals surface area contributed by atoms with E-state index in [0.717, 1.165) is 11.0 Å². The smallest absolute Gasteiger partial charge is 0.339 e. The number of aromatic nitrogens is 2. The molecule has 0 saturated carbocycles. The lowest BCUT2D eigenvalue weighted by molar-refractivity contribution is 0.0693. The normalized spacial score (nSPS) is 11.2. The van der Waals surface area contributed by atoms with Gasteiger partial charge in [-0.1, -0.05) is 18.2 Å². The van der Waals surface area contributed by atoms with Crippen molar-refractivity contribution in [2.45, 2.75) is 0 Å². The summed E-state index contributed by atoms with van der Waals surface area (Å²) in [6.07, 6.45) is 0. The van der Waals surface area contributed by atoms with Crippen LogP contribution in [0, 0.1) is 0 Å². The molecule has 2 aromatic heterocycles. The Morgan fingerprint density at radius 3 is 2.83 bits per heavy atom. The van der Waals surface area contributed by atoms with Crippen molar-refractivity contribution in [2.24, 2.45) is 0 Å². The molecular weight excluding hydrogens is 296 g/mol. The van der Waals surface area contributed by atoms with E-state index < -0.39 is 5.97 Å². The molecule has 2 aromatic carbocycles. The maximum atomic E-state index is 11.4. The van der Waals surface area contributed by atoms with Gasteiger partial charge in [0.05, 0.1) is 18.0 Å². The van der Waals surface area contributed by atoms with Crippen LogP contribution < -0.4 is 4.74 Å². The molecule has 0 saturated heterocycles. The first-order valence-electron chi connectivity index (χ1n) is 6.96. The number of aromatic amines is 1. The first-order valence-corrected chi connectivity index (χ1v) is 6.96. The Balaban J connectivity index is 2.03. The van der Waals surface area contributed by atoms with E-state index in [9.17, 15) is 9.90 Å². The number of nitrogens with zero attached hydrogens (tertiary/aromatic N) is 1. The molecule has 0 aliphatic carbocycles. The van der Waals surface area contributed by atoms with Gasteiger partial charge >= 0.3 is 5.97 Å². The summed E-state index contributed by atoms with van der Waals surface area (Å²) >= 11 is 0. The van der Waals surface area contributed by atoms with Crippen molar-refractivity contribution in [3.63, 3.8) is 0 Å². The molecule has 4 rings (SSSR count).